The Kier molecular flexibility index (Phi) is 8.24. The lowest BCUT2D eigenvalue weighted by Crippen LogP contribution is -2.16. The topological polar surface area (TPSA) is 21.3 Å². The fourth-order valence-electron chi connectivity index (χ4n) is 3.53. The summed E-state index contributed by atoms with van der Waals surface area (Å²) in [6.07, 6.45) is 2.56. The summed E-state index contributed by atoms with van der Waals surface area (Å²) >= 11 is 12.8. The minimum Gasteiger partial charge on any atom is -0.497 e. The van der Waals surface area contributed by atoms with Gasteiger partial charge in [0.05, 0.1) is 7.11 Å². The summed E-state index contributed by atoms with van der Waals surface area (Å²) in [5, 5.41) is 5.03. The lowest BCUT2D eigenvalue weighted by molar-refractivity contribution is 0.414. The zero-order valence-corrected chi connectivity index (χ0v) is 18.9. The van der Waals surface area contributed by atoms with Crippen LogP contribution >= 0.6 is 23.2 Å². The molecule has 0 saturated carbocycles. The first kappa shape index (κ1) is 22.3. The van der Waals surface area contributed by atoms with Gasteiger partial charge < -0.3 is 10.1 Å². The molecular weight excluding hydrogens is 413 g/mol. The van der Waals surface area contributed by atoms with E-state index in [9.17, 15) is 0 Å². The lowest BCUT2D eigenvalue weighted by Gasteiger charge is -2.17. The highest BCUT2D eigenvalue weighted by Gasteiger charge is 2.12. The fraction of sp³-hybridized carbons (Fsp3) is 0.231. The van der Waals surface area contributed by atoms with Gasteiger partial charge in [-0.2, -0.15) is 0 Å². The van der Waals surface area contributed by atoms with E-state index >= 15 is 0 Å². The normalized spacial score (nSPS) is 11.7. The van der Waals surface area contributed by atoms with Crippen LogP contribution in [0.3, 0.4) is 0 Å². The smallest absolute Gasteiger partial charge is 0.119 e. The van der Waals surface area contributed by atoms with Gasteiger partial charge in [0.25, 0.3) is 0 Å². The largest absolute Gasteiger partial charge is 0.497 e. The summed E-state index contributed by atoms with van der Waals surface area (Å²) in [7, 11) is 1.69. The highest BCUT2D eigenvalue weighted by molar-refractivity contribution is 6.36. The third-order valence-electron chi connectivity index (χ3n) is 5.20. The highest BCUT2D eigenvalue weighted by Crippen LogP contribution is 2.31. The molecule has 0 radical (unpaired) electrons. The third kappa shape index (κ3) is 6.04. The number of methoxy groups -OCH3 is 1. The molecule has 0 bridgehead atoms. The van der Waals surface area contributed by atoms with E-state index in [1.165, 1.54) is 11.1 Å². The molecule has 0 fully saturated rings. The monoisotopic (exact) mass is 439 g/mol. The fourth-order valence-corrected chi connectivity index (χ4v) is 4.11. The van der Waals surface area contributed by atoms with E-state index in [1.807, 2.05) is 36.4 Å². The third-order valence-corrected chi connectivity index (χ3v) is 5.91. The van der Waals surface area contributed by atoms with Crippen LogP contribution in [0.1, 0.15) is 30.0 Å². The van der Waals surface area contributed by atoms with E-state index < -0.39 is 0 Å². The van der Waals surface area contributed by atoms with E-state index in [2.05, 4.69) is 48.6 Å². The second-order valence-corrected chi connectivity index (χ2v) is 8.01. The molecule has 0 spiro atoms. The van der Waals surface area contributed by atoms with Crippen molar-refractivity contribution in [2.45, 2.75) is 26.2 Å². The van der Waals surface area contributed by atoms with Gasteiger partial charge in [-0.15, -0.1) is 0 Å². The maximum absolute atomic E-state index is 6.40. The van der Waals surface area contributed by atoms with Crippen LogP contribution in [0.2, 0.25) is 10.0 Å². The van der Waals surface area contributed by atoms with Crippen molar-refractivity contribution in [2.24, 2.45) is 0 Å². The van der Waals surface area contributed by atoms with Crippen molar-refractivity contribution in [2.75, 3.05) is 13.7 Å². The SMILES string of the molecule is COc1cccc(/C(CCc2c(Cl)cccc2Cl)=C(/C)NCCc2ccccc2)c1. The molecule has 3 rings (SSSR count). The molecule has 1 N–H and O–H groups in total. The average Bonchev–Trinajstić information content (AvgIpc) is 2.76. The Bertz CT molecular complexity index is 979. The van der Waals surface area contributed by atoms with Crippen molar-refractivity contribution in [3.05, 3.63) is 105 Å². The maximum atomic E-state index is 6.40. The quantitative estimate of drug-likeness (QED) is 0.380. The first-order valence-corrected chi connectivity index (χ1v) is 10.9. The van der Waals surface area contributed by atoms with Crippen molar-refractivity contribution < 1.29 is 4.74 Å². The second kappa shape index (κ2) is 11.1. The predicted octanol–water partition coefficient (Wildman–Crippen LogP) is 7.20. The number of rotatable bonds is 9. The second-order valence-electron chi connectivity index (χ2n) is 7.20. The van der Waals surface area contributed by atoms with E-state index in [0.717, 1.165) is 48.4 Å². The van der Waals surface area contributed by atoms with Gasteiger partial charge in [0.1, 0.15) is 5.75 Å². The summed E-state index contributed by atoms with van der Waals surface area (Å²) in [5.74, 6) is 0.845. The van der Waals surface area contributed by atoms with Crippen molar-refractivity contribution in [1.82, 2.24) is 5.32 Å². The number of ether oxygens (including phenoxy) is 1. The molecule has 2 nitrogen and oxygen atoms in total. The van der Waals surface area contributed by atoms with Crippen LogP contribution in [0.15, 0.2) is 78.5 Å². The van der Waals surface area contributed by atoms with Gasteiger partial charge in [-0.05, 0) is 72.7 Å². The number of hydrogen-bond donors (Lipinski definition) is 1. The minimum atomic E-state index is 0.710. The van der Waals surface area contributed by atoms with Crippen LogP contribution in [0.4, 0.5) is 0 Å². The zero-order valence-electron chi connectivity index (χ0n) is 17.4. The summed E-state index contributed by atoms with van der Waals surface area (Å²) in [6, 6.07) is 24.3. The van der Waals surface area contributed by atoms with Gasteiger partial charge in [-0.1, -0.05) is 71.7 Å². The van der Waals surface area contributed by atoms with Crippen molar-refractivity contribution in [3.8, 4) is 5.75 Å². The molecule has 0 unspecified atom stereocenters. The predicted molar refractivity (Wildman–Crippen MR) is 129 cm³/mol. The van der Waals surface area contributed by atoms with Crippen LogP contribution in [0, 0.1) is 0 Å². The maximum Gasteiger partial charge on any atom is 0.119 e. The summed E-state index contributed by atoms with van der Waals surface area (Å²) < 4.78 is 5.44. The van der Waals surface area contributed by atoms with Crippen molar-refractivity contribution in [3.63, 3.8) is 0 Å². The van der Waals surface area contributed by atoms with Crippen LogP contribution < -0.4 is 10.1 Å². The Balaban J connectivity index is 1.81. The molecule has 0 amide bonds. The molecule has 0 aliphatic carbocycles. The van der Waals surface area contributed by atoms with Crippen LogP contribution in [-0.2, 0) is 12.8 Å². The van der Waals surface area contributed by atoms with Crippen LogP contribution in [-0.4, -0.2) is 13.7 Å². The zero-order chi connectivity index (χ0) is 21.3. The molecule has 0 atom stereocenters. The number of benzene rings is 3. The Hall–Kier alpha value is -2.42. The molecule has 3 aromatic rings. The van der Waals surface area contributed by atoms with Crippen molar-refractivity contribution in [1.29, 1.82) is 0 Å². The van der Waals surface area contributed by atoms with Gasteiger partial charge in [0.2, 0.25) is 0 Å². The van der Waals surface area contributed by atoms with E-state index in [-0.39, 0.29) is 0 Å². The molecule has 3 aromatic carbocycles. The first-order valence-electron chi connectivity index (χ1n) is 10.1. The Morgan fingerprint density at radius 2 is 1.57 bits per heavy atom. The number of nitrogens with one attached hydrogen (secondary N) is 1. The summed E-state index contributed by atoms with van der Waals surface area (Å²) in [6.45, 7) is 3.00. The molecule has 4 heteroatoms. The first-order chi connectivity index (χ1) is 14.6. The Morgan fingerprint density at radius 3 is 2.27 bits per heavy atom. The number of hydrogen-bond acceptors (Lipinski definition) is 2. The van der Waals surface area contributed by atoms with Crippen molar-refractivity contribution >= 4 is 28.8 Å². The molecule has 0 aromatic heterocycles. The van der Waals surface area contributed by atoms with Gasteiger partial charge in [0.15, 0.2) is 0 Å². The van der Waals surface area contributed by atoms with Gasteiger partial charge in [-0.3, -0.25) is 0 Å². The molecule has 0 aliphatic heterocycles. The van der Waals surface area contributed by atoms with Gasteiger partial charge >= 0.3 is 0 Å². The molecule has 156 valence electrons. The lowest BCUT2D eigenvalue weighted by atomic mass is 9.96. The van der Waals surface area contributed by atoms with E-state index in [0.29, 0.717) is 10.0 Å². The molecule has 0 aliphatic rings. The van der Waals surface area contributed by atoms with E-state index in [4.69, 9.17) is 27.9 Å². The van der Waals surface area contributed by atoms with Gasteiger partial charge in [-0.25, -0.2) is 0 Å². The van der Waals surface area contributed by atoms with Crippen LogP contribution in [0.25, 0.3) is 5.57 Å². The number of allylic oxidation sites excluding steroid dienone is 2. The Labute approximate surface area is 189 Å². The minimum absolute atomic E-state index is 0.710. The van der Waals surface area contributed by atoms with Gasteiger partial charge in [0, 0.05) is 22.3 Å². The molecule has 0 heterocycles. The average molecular weight is 440 g/mol. The standard InChI is InChI=1S/C26H27Cl2NO/c1-19(29-17-16-20-8-4-3-5-9-20)23(21-10-6-11-22(18-21)30-2)14-15-24-25(27)12-7-13-26(24)28/h3-13,18,29H,14-17H2,1-2H3/b23-19-. The Morgan fingerprint density at radius 1 is 0.867 bits per heavy atom. The molecule has 0 saturated heterocycles. The summed E-state index contributed by atoms with van der Waals surface area (Å²) in [4.78, 5) is 0. The summed E-state index contributed by atoms with van der Waals surface area (Å²) in [5.41, 5.74) is 5.84. The number of halogens is 2. The van der Waals surface area contributed by atoms with Crippen LogP contribution in [0.5, 0.6) is 5.75 Å². The highest BCUT2D eigenvalue weighted by atomic mass is 35.5. The molecule has 30 heavy (non-hydrogen) atoms. The van der Waals surface area contributed by atoms with E-state index in [1.54, 1.807) is 7.11 Å². The molecular formula is C26H27Cl2NO.